The van der Waals surface area contributed by atoms with E-state index in [9.17, 15) is 14.9 Å². The predicted octanol–water partition coefficient (Wildman–Crippen LogP) is 4.32. The maximum atomic E-state index is 13.1. The number of rotatable bonds is 4. The molecule has 0 spiro atoms. The Hall–Kier alpha value is -3.68. The van der Waals surface area contributed by atoms with Crippen LogP contribution in [0.4, 0.5) is 11.4 Å². The fraction of sp³-hybridized carbons (Fsp3) is 0.333. The number of aromatic nitrogens is 1. The Bertz CT molecular complexity index is 1220. The van der Waals surface area contributed by atoms with Gasteiger partial charge in [-0.3, -0.25) is 14.9 Å². The van der Waals surface area contributed by atoms with Crippen molar-refractivity contribution in [2.75, 3.05) is 31.2 Å². The van der Waals surface area contributed by atoms with Gasteiger partial charge in [0, 0.05) is 47.4 Å². The fourth-order valence-corrected chi connectivity index (χ4v) is 4.56. The third kappa shape index (κ3) is 3.62. The van der Waals surface area contributed by atoms with Crippen LogP contribution in [0.3, 0.4) is 0 Å². The van der Waals surface area contributed by atoms with E-state index in [2.05, 4.69) is 9.88 Å². The van der Waals surface area contributed by atoms with Crippen molar-refractivity contribution < 1.29 is 19.2 Å². The molecular weight excluding hydrogens is 410 g/mol. The Balaban J connectivity index is 1.36. The first-order valence-electron chi connectivity index (χ1n) is 10.7. The number of Topliss-reactive ketones (excluding diaryl/α,β-unsaturated/α-hetero) is 1. The molecule has 2 aromatic carbocycles. The van der Waals surface area contributed by atoms with Crippen LogP contribution in [-0.2, 0) is 0 Å². The number of nitro groups is 1. The molecule has 8 nitrogen and oxygen atoms in total. The summed E-state index contributed by atoms with van der Waals surface area (Å²) in [7, 11) is 0. The highest BCUT2D eigenvalue weighted by atomic mass is 16.6. The maximum absolute atomic E-state index is 13.1. The number of nitro benzene ring substituents is 1. The van der Waals surface area contributed by atoms with Gasteiger partial charge in [-0.25, -0.2) is 4.98 Å². The Morgan fingerprint density at radius 2 is 1.84 bits per heavy atom. The molecule has 0 atom stereocenters. The number of aryl methyl sites for hydroxylation is 1. The van der Waals surface area contributed by atoms with E-state index in [4.69, 9.17) is 9.47 Å². The molecule has 0 unspecified atom stereocenters. The summed E-state index contributed by atoms with van der Waals surface area (Å²) in [5, 5.41) is 12.2. The molecule has 3 heterocycles. The normalized spacial score (nSPS) is 16.2. The number of carbonyl (C=O) groups excluding carboxylic acids is 1. The van der Waals surface area contributed by atoms with Gasteiger partial charge < -0.3 is 14.4 Å². The van der Waals surface area contributed by atoms with Gasteiger partial charge in [0.25, 0.3) is 5.69 Å². The zero-order valence-corrected chi connectivity index (χ0v) is 17.7. The number of hydrogen-bond acceptors (Lipinski definition) is 7. The van der Waals surface area contributed by atoms with Crippen molar-refractivity contribution in [1.29, 1.82) is 0 Å². The van der Waals surface area contributed by atoms with Crippen molar-refractivity contribution in [3.63, 3.8) is 0 Å². The van der Waals surface area contributed by atoms with E-state index >= 15 is 0 Å². The molecule has 0 radical (unpaired) electrons. The van der Waals surface area contributed by atoms with E-state index in [1.54, 1.807) is 24.3 Å². The molecule has 8 heteroatoms. The summed E-state index contributed by atoms with van der Waals surface area (Å²) in [4.78, 5) is 30.8. The highest BCUT2D eigenvalue weighted by Gasteiger charge is 2.28. The van der Waals surface area contributed by atoms with Crippen LogP contribution in [0.2, 0.25) is 0 Å². The monoisotopic (exact) mass is 433 g/mol. The van der Waals surface area contributed by atoms with Crippen molar-refractivity contribution in [2.45, 2.75) is 19.8 Å². The Morgan fingerprint density at radius 3 is 2.59 bits per heavy atom. The molecule has 3 aromatic rings. The average molecular weight is 433 g/mol. The molecule has 2 aliphatic heterocycles. The SMILES string of the molecule is Cc1cc(N2CCC(C(=O)c3ccc4c(c3)OCCO4)CC2)c2cccc([N+](=O)[O-])c2n1. The largest absolute Gasteiger partial charge is 0.486 e. The minimum absolute atomic E-state index is 0.0103. The van der Waals surface area contributed by atoms with Gasteiger partial charge in [0.05, 0.1) is 4.92 Å². The van der Waals surface area contributed by atoms with Crippen LogP contribution in [0.25, 0.3) is 10.9 Å². The van der Waals surface area contributed by atoms with Gasteiger partial charge >= 0.3 is 0 Å². The first kappa shape index (κ1) is 20.2. The molecule has 0 N–H and O–H groups in total. The van der Waals surface area contributed by atoms with Crippen LogP contribution < -0.4 is 14.4 Å². The lowest BCUT2D eigenvalue weighted by Crippen LogP contribution is -2.36. The van der Waals surface area contributed by atoms with Crippen LogP contribution in [0.15, 0.2) is 42.5 Å². The molecule has 164 valence electrons. The number of para-hydroxylation sites is 1. The van der Waals surface area contributed by atoms with Gasteiger partial charge in [-0.05, 0) is 44.0 Å². The van der Waals surface area contributed by atoms with Gasteiger partial charge in [-0.2, -0.15) is 0 Å². The Morgan fingerprint density at radius 1 is 1.09 bits per heavy atom. The Kier molecular flexibility index (Phi) is 5.13. The summed E-state index contributed by atoms with van der Waals surface area (Å²) >= 11 is 0. The zero-order chi connectivity index (χ0) is 22.2. The summed E-state index contributed by atoms with van der Waals surface area (Å²) in [5.41, 5.74) is 2.73. The van der Waals surface area contributed by atoms with Gasteiger partial charge in [0.2, 0.25) is 0 Å². The van der Waals surface area contributed by atoms with Crippen LogP contribution in [0.1, 0.15) is 28.9 Å². The van der Waals surface area contributed by atoms with E-state index in [-0.39, 0.29) is 17.4 Å². The van der Waals surface area contributed by atoms with Crippen molar-refractivity contribution >= 4 is 28.1 Å². The molecule has 5 rings (SSSR count). The number of non-ortho nitro benzene ring substituents is 1. The van der Waals surface area contributed by atoms with E-state index in [1.165, 1.54) is 6.07 Å². The maximum Gasteiger partial charge on any atom is 0.295 e. The number of piperidine rings is 1. The molecule has 1 fully saturated rings. The molecular formula is C24H23N3O5. The highest BCUT2D eigenvalue weighted by Crippen LogP contribution is 2.36. The van der Waals surface area contributed by atoms with Crippen molar-refractivity contribution in [3.8, 4) is 11.5 Å². The standard InChI is InChI=1S/C24H23N3O5/c1-15-13-20(18-3-2-4-19(27(29)30)23(18)25-15)26-9-7-16(8-10-26)24(28)17-5-6-21-22(14-17)32-12-11-31-21/h2-6,13-14,16H,7-12H2,1H3. The summed E-state index contributed by atoms with van der Waals surface area (Å²) < 4.78 is 11.2. The Labute approximate surface area is 184 Å². The number of ketones is 1. The highest BCUT2D eigenvalue weighted by molar-refractivity contribution is 5.99. The number of ether oxygens (including phenoxy) is 2. The van der Waals surface area contributed by atoms with Crippen molar-refractivity contribution in [3.05, 3.63) is 63.8 Å². The van der Waals surface area contributed by atoms with E-state index < -0.39 is 4.92 Å². The summed E-state index contributed by atoms with van der Waals surface area (Å²) in [6.07, 6.45) is 1.43. The number of hydrogen-bond donors (Lipinski definition) is 0. The number of anilines is 1. The van der Waals surface area contributed by atoms with Crippen LogP contribution in [-0.4, -0.2) is 42.0 Å². The third-order valence-corrected chi connectivity index (χ3v) is 6.15. The minimum atomic E-state index is -0.392. The quantitative estimate of drug-likeness (QED) is 0.343. The van der Waals surface area contributed by atoms with E-state index in [1.807, 2.05) is 19.1 Å². The summed E-state index contributed by atoms with van der Waals surface area (Å²) in [6, 6.07) is 12.4. The third-order valence-electron chi connectivity index (χ3n) is 6.15. The lowest BCUT2D eigenvalue weighted by atomic mass is 9.88. The molecule has 0 amide bonds. The minimum Gasteiger partial charge on any atom is -0.486 e. The first-order valence-corrected chi connectivity index (χ1v) is 10.7. The van der Waals surface area contributed by atoms with Gasteiger partial charge in [-0.15, -0.1) is 0 Å². The second-order valence-electron chi connectivity index (χ2n) is 8.20. The number of fused-ring (bicyclic) bond motifs is 2. The summed E-state index contributed by atoms with van der Waals surface area (Å²) in [6.45, 7) is 4.24. The van der Waals surface area contributed by atoms with Gasteiger partial charge in [-0.1, -0.05) is 12.1 Å². The van der Waals surface area contributed by atoms with Crippen LogP contribution in [0.5, 0.6) is 11.5 Å². The summed E-state index contributed by atoms with van der Waals surface area (Å²) in [5.74, 6) is 1.35. The molecule has 2 aliphatic rings. The van der Waals surface area contributed by atoms with Gasteiger partial charge in [0.1, 0.15) is 13.2 Å². The predicted molar refractivity (Wildman–Crippen MR) is 120 cm³/mol. The van der Waals surface area contributed by atoms with Crippen molar-refractivity contribution in [1.82, 2.24) is 4.98 Å². The molecule has 0 aliphatic carbocycles. The number of nitrogens with zero attached hydrogens (tertiary/aromatic N) is 3. The molecule has 1 saturated heterocycles. The van der Waals surface area contributed by atoms with Crippen LogP contribution >= 0.6 is 0 Å². The number of benzene rings is 2. The van der Waals surface area contributed by atoms with E-state index in [0.29, 0.717) is 61.7 Å². The smallest absolute Gasteiger partial charge is 0.295 e. The van der Waals surface area contributed by atoms with Gasteiger partial charge in [0.15, 0.2) is 22.8 Å². The topological polar surface area (TPSA) is 94.8 Å². The van der Waals surface area contributed by atoms with Crippen LogP contribution in [0, 0.1) is 23.0 Å². The first-order chi connectivity index (χ1) is 15.5. The molecule has 1 aromatic heterocycles. The lowest BCUT2D eigenvalue weighted by Gasteiger charge is -2.34. The van der Waals surface area contributed by atoms with Crippen molar-refractivity contribution in [2.24, 2.45) is 5.92 Å². The molecule has 32 heavy (non-hydrogen) atoms. The molecule has 0 bridgehead atoms. The second kappa shape index (κ2) is 8.11. The lowest BCUT2D eigenvalue weighted by molar-refractivity contribution is -0.383. The second-order valence-corrected chi connectivity index (χ2v) is 8.20. The zero-order valence-electron chi connectivity index (χ0n) is 17.7. The fourth-order valence-electron chi connectivity index (χ4n) is 4.56. The number of pyridine rings is 1. The number of carbonyl (C=O) groups is 1. The molecule has 0 saturated carbocycles. The van der Waals surface area contributed by atoms with E-state index in [0.717, 1.165) is 16.8 Å². The average Bonchev–Trinajstić information content (AvgIpc) is 2.82.